The van der Waals surface area contributed by atoms with Crippen molar-refractivity contribution in [2.45, 2.75) is 26.7 Å². The molecule has 0 fully saturated rings. The van der Waals surface area contributed by atoms with Crippen LogP contribution >= 0.6 is 22.9 Å². The SMILES string of the molecule is Cc1sc(NC(=O)[C@@H](c2ccc(Cl)cc2)C(C)C)nc1-c1ccccc1. The van der Waals surface area contributed by atoms with Gasteiger partial charge in [0.15, 0.2) is 5.13 Å². The lowest BCUT2D eigenvalue weighted by Crippen LogP contribution is -2.25. The number of anilines is 1. The van der Waals surface area contributed by atoms with Crippen LogP contribution in [0, 0.1) is 12.8 Å². The summed E-state index contributed by atoms with van der Waals surface area (Å²) in [6.45, 7) is 6.11. The molecule has 3 nitrogen and oxygen atoms in total. The van der Waals surface area contributed by atoms with E-state index in [0.717, 1.165) is 21.7 Å². The fraction of sp³-hybridized carbons (Fsp3) is 0.238. The van der Waals surface area contributed by atoms with Gasteiger partial charge in [0.25, 0.3) is 0 Å². The first kappa shape index (κ1) is 18.6. The lowest BCUT2D eigenvalue weighted by molar-refractivity contribution is -0.118. The molecule has 0 aliphatic rings. The molecule has 3 rings (SSSR count). The monoisotopic (exact) mass is 384 g/mol. The highest BCUT2D eigenvalue weighted by atomic mass is 35.5. The van der Waals surface area contributed by atoms with Crippen LogP contribution in [-0.4, -0.2) is 10.9 Å². The molecule has 0 saturated carbocycles. The van der Waals surface area contributed by atoms with Crippen molar-refractivity contribution < 1.29 is 4.79 Å². The summed E-state index contributed by atoms with van der Waals surface area (Å²) >= 11 is 7.47. The minimum absolute atomic E-state index is 0.0457. The second-order valence-electron chi connectivity index (χ2n) is 6.55. The maximum atomic E-state index is 12.9. The zero-order chi connectivity index (χ0) is 18.7. The minimum Gasteiger partial charge on any atom is -0.301 e. The van der Waals surface area contributed by atoms with E-state index in [-0.39, 0.29) is 17.7 Å². The number of thiazole rings is 1. The van der Waals surface area contributed by atoms with Gasteiger partial charge in [0.2, 0.25) is 5.91 Å². The first-order valence-corrected chi connectivity index (χ1v) is 9.74. The van der Waals surface area contributed by atoms with Crippen molar-refractivity contribution in [1.82, 2.24) is 4.98 Å². The molecule has 0 saturated heterocycles. The third-order valence-corrected chi connectivity index (χ3v) is 5.39. The maximum Gasteiger partial charge on any atom is 0.233 e. The van der Waals surface area contributed by atoms with Crippen LogP contribution in [0.3, 0.4) is 0 Å². The molecule has 0 bridgehead atoms. The molecule has 0 radical (unpaired) electrons. The molecule has 1 amide bonds. The van der Waals surface area contributed by atoms with Crippen molar-refractivity contribution in [3.63, 3.8) is 0 Å². The van der Waals surface area contributed by atoms with E-state index in [2.05, 4.69) is 10.3 Å². The fourth-order valence-electron chi connectivity index (χ4n) is 3.01. The molecule has 1 heterocycles. The Kier molecular flexibility index (Phi) is 5.74. The first-order valence-electron chi connectivity index (χ1n) is 8.55. The highest BCUT2D eigenvalue weighted by Crippen LogP contribution is 2.32. The summed E-state index contributed by atoms with van der Waals surface area (Å²) in [5.74, 6) is -0.141. The number of aromatic nitrogens is 1. The third kappa shape index (κ3) is 4.14. The fourth-order valence-corrected chi connectivity index (χ4v) is 3.97. The smallest absolute Gasteiger partial charge is 0.233 e. The van der Waals surface area contributed by atoms with Gasteiger partial charge in [-0.15, -0.1) is 11.3 Å². The Labute approximate surface area is 163 Å². The molecule has 134 valence electrons. The van der Waals surface area contributed by atoms with Gasteiger partial charge in [-0.2, -0.15) is 0 Å². The first-order chi connectivity index (χ1) is 12.5. The van der Waals surface area contributed by atoms with Crippen LogP contribution in [0.25, 0.3) is 11.3 Å². The van der Waals surface area contributed by atoms with Crippen LogP contribution in [0.1, 0.15) is 30.2 Å². The number of rotatable bonds is 5. The molecule has 0 unspecified atom stereocenters. The van der Waals surface area contributed by atoms with Gasteiger partial charge >= 0.3 is 0 Å². The normalized spacial score (nSPS) is 12.2. The van der Waals surface area contributed by atoms with Gasteiger partial charge in [0.1, 0.15) is 0 Å². The van der Waals surface area contributed by atoms with Crippen molar-refractivity contribution >= 4 is 34.0 Å². The lowest BCUT2D eigenvalue weighted by Gasteiger charge is -2.20. The zero-order valence-corrected chi connectivity index (χ0v) is 16.6. The van der Waals surface area contributed by atoms with Crippen molar-refractivity contribution in [2.24, 2.45) is 5.92 Å². The van der Waals surface area contributed by atoms with E-state index < -0.39 is 0 Å². The van der Waals surface area contributed by atoms with Gasteiger partial charge < -0.3 is 5.32 Å². The van der Waals surface area contributed by atoms with Gasteiger partial charge in [-0.1, -0.05) is 67.9 Å². The molecule has 26 heavy (non-hydrogen) atoms. The number of halogens is 1. The maximum absolute atomic E-state index is 12.9. The molecule has 1 atom stereocenters. The second kappa shape index (κ2) is 8.02. The van der Waals surface area contributed by atoms with Crippen LogP contribution in [-0.2, 0) is 4.79 Å². The van der Waals surface area contributed by atoms with Crippen LogP contribution in [0.5, 0.6) is 0 Å². The van der Waals surface area contributed by atoms with E-state index in [1.54, 1.807) is 0 Å². The van der Waals surface area contributed by atoms with E-state index in [4.69, 9.17) is 11.6 Å². The largest absolute Gasteiger partial charge is 0.301 e. The zero-order valence-electron chi connectivity index (χ0n) is 15.0. The topological polar surface area (TPSA) is 42.0 Å². The molecule has 2 aromatic carbocycles. The highest BCUT2D eigenvalue weighted by Gasteiger charge is 2.25. The predicted octanol–water partition coefficient (Wildman–Crippen LogP) is 6.15. The van der Waals surface area contributed by atoms with Gasteiger partial charge in [-0.05, 0) is 30.5 Å². The number of hydrogen-bond acceptors (Lipinski definition) is 3. The number of carbonyl (C=O) groups is 1. The van der Waals surface area contributed by atoms with Crippen LogP contribution in [0.2, 0.25) is 5.02 Å². The van der Waals surface area contributed by atoms with Crippen molar-refractivity contribution in [1.29, 1.82) is 0 Å². The number of nitrogens with one attached hydrogen (secondary N) is 1. The van der Waals surface area contributed by atoms with E-state index >= 15 is 0 Å². The van der Waals surface area contributed by atoms with Crippen LogP contribution in [0.15, 0.2) is 54.6 Å². The average Bonchev–Trinajstić information content (AvgIpc) is 2.97. The predicted molar refractivity (Wildman–Crippen MR) is 110 cm³/mol. The van der Waals surface area contributed by atoms with Gasteiger partial charge in [0.05, 0.1) is 11.6 Å². The summed E-state index contributed by atoms with van der Waals surface area (Å²) in [7, 11) is 0. The summed E-state index contributed by atoms with van der Waals surface area (Å²) in [6.07, 6.45) is 0. The molecule has 0 aliphatic heterocycles. The van der Waals surface area contributed by atoms with Gasteiger partial charge in [-0.25, -0.2) is 4.98 Å². The van der Waals surface area contributed by atoms with Crippen LogP contribution in [0.4, 0.5) is 5.13 Å². The molecular formula is C21H21ClN2OS. The Bertz CT molecular complexity index is 888. The number of carbonyl (C=O) groups excluding carboxylic acids is 1. The third-order valence-electron chi connectivity index (χ3n) is 4.25. The standard InChI is InChI=1S/C21H21ClN2OS/c1-13(2)18(15-9-11-17(22)12-10-15)20(25)24-21-23-19(14(3)26-21)16-7-5-4-6-8-16/h4-13,18H,1-3H3,(H,23,24,25)/t18-/m1/s1. The lowest BCUT2D eigenvalue weighted by atomic mass is 9.88. The molecule has 3 aromatic rings. The Balaban J connectivity index is 1.83. The molecular weight excluding hydrogens is 364 g/mol. The summed E-state index contributed by atoms with van der Waals surface area (Å²) in [4.78, 5) is 18.6. The number of hydrogen-bond donors (Lipinski definition) is 1. The van der Waals surface area contributed by atoms with Gasteiger partial charge in [0, 0.05) is 15.5 Å². The Morgan fingerprint density at radius 2 is 1.73 bits per heavy atom. The highest BCUT2D eigenvalue weighted by molar-refractivity contribution is 7.16. The van der Waals surface area contributed by atoms with Crippen molar-refractivity contribution in [3.8, 4) is 11.3 Å². The van der Waals surface area contributed by atoms with Crippen LogP contribution < -0.4 is 5.32 Å². The van der Waals surface area contributed by atoms with Crippen molar-refractivity contribution in [2.75, 3.05) is 5.32 Å². The Morgan fingerprint density at radius 3 is 2.35 bits per heavy atom. The molecule has 1 aromatic heterocycles. The van der Waals surface area contributed by atoms with Gasteiger partial charge in [-0.3, -0.25) is 4.79 Å². The average molecular weight is 385 g/mol. The van der Waals surface area contributed by atoms with E-state index in [1.807, 2.05) is 75.4 Å². The molecule has 0 spiro atoms. The minimum atomic E-state index is -0.253. The summed E-state index contributed by atoms with van der Waals surface area (Å²) in [6, 6.07) is 17.5. The molecule has 1 N–H and O–H groups in total. The number of aryl methyl sites for hydroxylation is 1. The Hall–Kier alpha value is -2.17. The quantitative estimate of drug-likeness (QED) is 0.573. The number of amides is 1. The Morgan fingerprint density at radius 1 is 1.08 bits per heavy atom. The van der Waals surface area contributed by atoms with E-state index in [9.17, 15) is 4.79 Å². The molecule has 0 aliphatic carbocycles. The summed E-state index contributed by atoms with van der Waals surface area (Å²) in [5, 5.41) is 4.30. The van der Waals surface area contributed by atoms with E-state index in [0.29, 0.717) is 10.2 Å². The van der Waals surface area contributed by atoms with Crippen molar-refractivity contribution in [3.05, 3.63) is 70.1 Å². The van der Waals surface area contributed by atoms with E-state index in [1.165, 1.54) is 11.3 Å². The number of nitrogens with zero attached hydrogens (tertiary/aromatic N) is 1. The second-order valence-corrected chi connectivity index (χ2v) is 8.19. The number of benzene rings is 2. The summed E-state index contributed by atoms with van der Waals surface area (Å²) < 4.78 is 0. The summed E-state index contributed by atoms with van der Waals surface area (Å²) in [5.41, 5.74) is 2.93. The molecule has 5 heteroatoms.